The zero-order valence-electron chi connectivity index (χ0n) is 6.97. The predicted octanol–water partition coefficient (Wildman–Crippen LogP) is 0.511. The van der Waals surface area contributed by atoms with Crippen LogP contribution in [0.5, 0.6) is 0 Å². The Balaban J connectivity index is 2.93. The summed E-state index contributed by atoms with van der Waals surface area (Å²) in [5.41, 5.74) is 0. The summed E-state index contributed by atoms with van der Waals surface area (Å²) in [6.45, 7) is 7.60. The Morgan fingerprint density at radius 3 is 3.00 bits per heavy atom. The highest BCUT2D eigenvalue weighted by Gasteiger charge is 2.24. The summed E-state index contributed by atoms with van der Waals surface area (Å²) in [4.78, 5) is 3.80. The molecule has 0 aliphatic carbocycles. The van der Waals surface area contributed by atoms with E-state index in [4.69, 9.17) is 9.29 Å². The smallest absolute Gasteiger partial charge is 0.263 e. The molecule has 1 heterocycles. The topological polar surface area (TPSA) is 62.1 Å². The highest BCUT2D eigenvalue weighted by atomic mass is 32.2. The Morgan fingerprint density at radius 2 is 2.46 bits per heavy atom. The van der Waals surface area contributed by atoms with Gasteiger partial charge in [0.05, 0.1) is 6.54 Å². The molecule has 1 aliphatic heterocycles. The van der Waals surface area contributed by atoms with Gasteiger partial charge in [0.2, 0.25) is 0 Å². The summed E-state index contributed by atoms with van der Waals surface area (Å²) in [6.07, 6.45) is 1.27. The van der Waals surface area contributed by atoms with E-state index in [1.807, 2.05) is 0 Å². The van der Waals surface area contributed by atoms with Crippen LogP contribution >= 0.6 is 0 Å². The number of hydrogen-bond acceptors (Lipinski definition) is 3. The summed E-state index contributed by atoms with van der Waals surface area (Å²) < 4.78 is 25.9. The van der Waals surface area contributed by atoms with E-state index >= 15 is 0 Å². The molecule has 0 aromatic heterocycles. The van der Waals surface area contributed by atoms with Crippen molar-refractivity contribution in [2.45, 2.75) is 0 Å². The fourth-order valence-electron chi connectivity index (χ4n) is 0.936. The van der Waals surface area contributed by atoms with Gasteiger partial charge in [-0.2, -0.15) is 0 Å². The fraction of sp³-hybridized carbons (Fsp3) is 0.286. The molecule has 1 atom stereocenters. The molecule has 0 aromatic carbocycles. The molecule has 1 fully saturated rings. The first kappa shape index (κ1) is 9.94. The maximum Gasteiger partial charge on any atom is 0.263 e. The van der Waals surface area contributed by atoms with Gasteiger partial charge in [0.25, 0.3) is 11.3 Å². The summed E-state index contributed by atoms with van der Waals surface area (Å²) >= 11 is -2.09. The summed E-state index contributed by atoms with van der Waals surface area (Å²) in [5, 5.41) is 0. The molecule has 1 aliphatic rings. The minimum absolute atomic E-state index is 0.252. The van der Waals surface area contributed by atoms with E-state index < -0.39 is 11.3 Å². The van der Waals surface area contributed by atoms with E-state index in [0.29, 0.717) is 13.2 Å². The maximum atomic E-state index is 10.8. The predicted molar refractivity (Wildman–Crippen MR) is 50.2 cm³/mol. The molecule has 0 amide bonds. The number of hydrogen-bond donors (Lipinski definition) is 1. The normalized spacial score (nSPS) is 22.7. The van der Waals surface area contributed by atoms with Gasteiger partial charge >= 0.3 is 0 Å². The van der Waals surface area contributed by atoms with E-state index in [-0.39, 0.29) is 11.6 Å². The molecule has 0 saturated carbocycles. The van der Waals surface area contributed by atoms with Crippen molar-refractivity contribution in [2.75, 3.05) is 13.2 Å². The van der Waals surface area contributed by atoms with Crippen LogP contribution in [0.15, 0.2) is 30.1 Å². The van der Waals surface area contributed by atoms with Crippen molar-refractivity contribution in [3.8, 4) is 0 Å². The second-order valence-corrected chi connectivity index (χ2v) is 3.14. The van der Waals surface area contributed by atoms with Crippen molar-refractivity contribution in [1.82, 2.24) is 4.31 Å². The standard InChI is InChI=1S/C7H10N2O3S/c1-3-8-7-6(2)12-5-4-9(7)13(10)11/h3H,1-2,4-5H2,(H,10,11). The van der Waals surface area contributed by atoms with Gasteiger partial charge in [-0.15, -0.1) is 0 Å². The van der Waals surface area contributed by atoms with Gasteiger partial charge in [-0.1, -0.05) is 13.2 Å². The van der Waals surface area contributed by atoms with Gasteiger partial charge < -0.3 is 4.74 Å². The van der Waals surface area contributed by atoms with Crippen molar-refractivity contribution in [1.29, 1.82) is 0 Å². The lowest BCUT2D eigenvalue weighted by Crippen LogP contribution is -2.40. The summed E-state index contributed by atoms with van der Waals surface area (Å²) in [7, 11) is 0. The van der Waals surface area contributed by atoms with Crippen LogP contribution in [-0.2, 0) is 16.0 Å². The molecule has 72 valence electrons. The third-order valence-electron chi connectivity index (χ3n) is 1.46. The third-order valence-corrected chi connectivity index (χ3v) is 2.19. The van der Waals surface area contributed by atoms with Crippen LogP contribution in [0, 0.1) is 0 Å². The van der Waals surface area contributed by atoms with Crippen LogP contribution in [0.4, 0.5) is 0 Å². The number of ether oxygens (including phenoxy) is 1. The molecular weight excluding hydrogens is 192 g/mol. The molecule has 6 heteroatoms. The van der Waals surface area contributed by atoms with Crippen LogP contribution in [0.3, 0.4) is 0 Å². The number of aliphatic imine (C=N–C) groups is 1. The Labute approximate surface area is 78.8 Å². The Morgan fingerprint density at radius 1 is 1.77 bits per heavy atom. The van der Waals surface area contributed by atoms with Crippen LogP contribution in [0.25, 0.3) is 0 Å². The fourth-order valence-corrected chi connectivity index (χ4v) is 1.46. The second-order valence-electron chi connectivity index (χ2n) is 2.24. The van der Waals surface area contributed by atoms with Crippen LogP contribution in [0.2, 0.25) is 0 Å². The summed E-state index contributed by atoms with van der Waals surface area (Å²) in [6, 6.07) is 0. The van der Waals surface area contributed by atoms with Gasteiger partial charge in [-0.3, -0.25) is 4.55 Å². The quantitative estimate of drug-likeness (QED) is 0.664. The lowest BCUT2D eigenvalue weighted by atomic mass is 10.4. The minimum Gasteiger partial charge on any atom is -0.488 e. The zero-order chi connectivity index (χ0) is 9.84. The lowest BCUT2D eigenvalue weighted by Gasteiger charge is -2.27. The largest absolute Gasteiger partial charge is 0.488 e. The monoisotopic (exact) mass is 202 g/mol. The van der Waals surface area contributed by atoms with Gasteiger partial charge in [0.1, 0.15) is 6.61 Å². The minimum atomic E-state index is -2.09. The second kappa shape index (κ2) is 4.20. The molecule has 1 unspecified atom stereocenters. The highest BCUT2D eigenvalue weighted by molar-refractivity contribution is 7.77. The van der Waals surface area contributed by atoms with Crippen molar-refractivity contribution in [3.05, 3.63) is 25.1 Å². The van der Waals surface area contributed by atoms with Gasteiger partial charge in [-0.05, 0) is 0 Å². The first-order valence-corrected chi connectivity index (χ1v) is 4.62. The first-order chi connectivity index (χ1) is 6.16. The molecule has 1 saturated heterocycles. The van der Waals surface area contributed by atoms with Crippen molar-refractivity contribution >= 4 is 17.1 Å². The number of morpholine rings is 1. The Hall–Kier alpha value is -1.14. The van der Waals surface area contributed by atoms with Crippen molar-refractivity contribution in [3.63, 3.8) is 0 Å². The number of rotatable bonds is 2. The maximum absolute atomic E-state index is 10.8. The van der Waals surface area contributed by atoms with Gasteiger partial charge in [0.15, 0.2) is 11.6 Å². The Bertz CT molecular complexity index is 287. The third kappa shape index (κ3) is 2.16. The van der Waals surface area contributed by atoms with Crippen molar-refractivity contribution < 1.29 is 13.5 Å². The van der Waals surface area contributed by atoms with Crippen molar-refractivity contribution in [2.24, 2.45) is 4.99 Å². The van der Waals surface area contributed by atoms with E-state index in [0.717, 1.165) is 0 Å². The van der Waals surface area contributed by atoms with Gasteiger partial charge in [0, 0.05) is 6.20 Å². The average Bonchev–Trinajstić information content (AvgIpc) is 2.08. The van der Waals surface area contributed by atoms with E-state index in [9.17, 15) is 4.21 Å². The average molecular weight is 202 g/mol. The van der Waals surface area contributed by atoms with E-state index in [1.165, 1.54) is 10.5 Å². The molecule has 0 bridgehead atoms. The number of amidine groups is 1. The van der Waals surface area contributed by atoms with E-state index in [1.54, 1.807) is 0 Å². The SMILES string of the molecule is C=CN=C1C(=C)OCCN1S(=O)O. The van der Waals surface area contributed by atoms with Crippen LogP contribution in [-0.4, -0.2) is 32.1 Å². The van der Waals surface area contributed by atoms with Crippen LogP contribution < -0.4 is 0 Å². The molecule has 1 N–H and O–H groups in total. The molecule has 1 rings (SSSR count). The lowest BCUT2D eigenvalue weighted by molar-refractivity contribution is 0.196. The molecule has 0 radical (unpaired) electrons. The molecule has 0 spiro atoms. The first-order valence-electron chi connectivity index (χ1n) is 3.56. The summed E-state index contributed by atoms with van der Waals surface area (Å²) in [5.74, 6) is 0.538. The van der Waals surface area contributed by atoms with Gasteiger partial charge in [-0.25, -0.2) is 13.5 Å². The highest BCUT2D eigenvalue weighted by Crippen LogP contribution is 2.11. The zero-order valence-corrected chi connectivity index (χ0v) is 7.79. The van der Waals surface area contributed by atoms with E-state index in [2.05, 4.69) is 18.2 Å². The van der Waals surface area contributed by atoms with Crippen LogP contribution in [0.1, 0.15) is 0 Å². The molecule has 13 heavy (non-hydrogen) atoms. The molecular formula is C7H10N2O3S. The molecule has 5 nitrogen and oxygen atoms in total. The molecule has 0 aromatic rings. The number of nitrogens with zero attached hydrogens (tertiary/aromatic N) is 2. The Kier molecular flexibility index (Phi) is 3.21.